The highest BCUT2D eigenvalue weighted by Gasteiger charge is 2.40. The number of dihydropyridines is 1. The van der Waals surface area contributed by atoms with Crippen molar-refractivity contribution in [3.63, 3.8) is 0 Å². The van der Waals surface area contributed by atoms with Crippen LogP contribution in [0.1, 0.15) is 55.6 Å². The quantitative estimate of drug-likeness (QED) is 0.413. The van der Waals surface area contributed by atoms with Crippen LogP contribution in [-0.4, -0.2) is 18.7 Å². The van der Waals surface area contributed by atoms with E-state index in [0.29, 0.717) is 50.0 Å². The van der Waals surface area contributed by atoms with Crippen molar-refractivity contribution in [1.29, 1.82) is 0 Å². The van der Waals surface area contributed by atoms with E-state index in [-0.39, 0.29) is 18.2 Å². The molecule has 35 heavy (non-hydrogen) atoms. The molecule has 5 rings (SSSR count). The third-order valence-corrected chi connectivity index (χ3v) is 7.94. The molecule has 1 aliphatic heterocycles. The minimum Gasteiger partial charge on any atom is -0.493 e. The first-order valence-electron chi connectivity index (χ1n) is 11.6. The fourth-order valence-corrected chi connectivity index (χ4v) is 6.19. The summed E-state index contributed by atoms with van der Waals surface area (Å²) >= 11 is 15.9. The zero-order valence-electron chi connectivity index (χ0n) is 19.2. The molecule has 1 N–H and O–H groups in total. The van der Waals surface area contributed by atoms with Gasteiger partial charge in [-0.3, -0.25) is 9.59 Å². The number of carbonyl (C=O) groups excluding carboxylic acids is 2. The molecule has 0 saturated carbocycles. The van der Waals surface area contributed by atoms with Gasteiger partial charge in [0.1, 0.15) is 6.61 Å². The van der Waals surface area contributed by atoms with Crippen LogP contribution in [0.25, 0.3) is 0 Å². The molecule has 0 saturated heterocycles. The van der Waals surface area contributed by atoms with Gasteiger partial charge in [0.15, 0.2) is 23.1 Å². The zero-order valence-corrected chi connectivity index (χ0v) is 22.3. The summed E-state index contributed by atoms with van der Waals surface area (Å²) in [4.78, 5) is 26.2. The van der Waals surface area contributed by atoms with Crippen molar-refractivity contribution >= 4 is 50.7 Å². The van der Waals surface area contributed by atoms with E-state index in [0.717, 1.165) is 48.2 Å². The molecule has 0 radical (unpaired) electrons. The molecule has 1 heterocycles. The molecule has 0 fully saturated rings. The molecule has 2 aromatic carbocycles. The maximum atomic E-state index is 13.1. The van der Waals surface area contributed by atoms with E-state index in [1.165, 1.54) is 0 Å². The Morgan fingerprint density at radius 3 is 2.23 bits per heavy atom. The number of carbonyl (C=O) groups is 2. The fourth-order valence-electron chi connectivity index (χ4n) is 5.15. The molecule has 0 atom stereocenters. The van der Waals surface area contributed by atoms with Crippen molar-refractivity contribution < 1.29 is 19.1 Å². The first-order chi connectivity index (χ1) is 16.9. The zero-order chi connectivity index (χ0) is 24.7. The summed E-state index contributed by atoms with van der Waals surface area (Å²) < 4.78 is 12.5. The fraction of sp³-hybridized carbons (Fsp3) is 0.333. The van der Waals surface area contributed by atoms with E-state index in [1.807, 2.05) is 18.2 Å². The van der Waals surface area contributed by atoms with Crippen LogP contribution in [0, 0.1) is 0 Å². The second kappa shape index (κ2) is 10.00. The van der Waals surface area contributed by atoms with Crippen LogP contribution in [0.4, 0.5) is 0 Å². The van der Waals surface area contributed by atoms with Gasteiger partial charge in [-0.2, -0.15) is 0 Å². The van der Waals surface area contributed by atoms with E-state index < -0.39 is 5.92 Å². The summed E-state index contributed by atoms with van der Waals surface area (Å²) in [5.74, 6) is 0.813. The number of ether oxygens (including phenoxy) is 2. The van der Waals surface area contributed by atoms with Crippen molar-refractivity contribution in [2.75, 3.05) is 7.11 Å². The van der Waals surface area contributed by atoms with Gasteiger partial charge in [-0.05, 0) is 71.4 Å². The Morgan fingerprint density at radius 1 is 0.971 bits per heavy atom. The lowest BCUT2D eigenvalue weighted by atomic mass is 9.71. The van der Waals surface area contributed by atoms with Gasteiger partial charge < -0.3 is 14.8 Å². The minimum absolute atomic E-state index is 0.0986. The van der Waals surface area contributed by atoms with Gasteiger partial charge in [-0.25, -0.2) is 0 Å². The summed E-state index contributed by atoms with van der Waals surface area (Å²) in [5.41, 5.74) is 4.94. The van der Waals surface area contributed by atoms with Gasteiger partial charge in [0.2, 0.25) is 0 Å². The largest absolute Gasteiger partial charge is 0.493 e. The highest BCUT2D eigenvalue weighted by Crippen LogP contribution is 2.48. The SMILES string of the molecule is COc1cc(C2C3=C(CCCC3=O)NC3=C2C(=O)CCC3)cc(Br)c1OCc1ccc(Cl)cc1Cl. The van der Waals surface area contributed by atoms with Gasteiger partial charge in [0.05, 0.1) is 11.6 Å². The Morgan fingerprint density at radius 2 is 1.63 bits per heavy atom. The Kier molecular flexibility index (Phi) is 6.97. The summed E-state index contributed by atoms with van der Waals surface area (Å²) in [7, 11) is 1.57. The maximum Gasteiger partial charge on any atom is 0.175 e. The second-order valence-electron chi connectivity index (χ2n) is 8.95. The number of methoxy groups -OCH3 is 1. The number of nitrogens with one attached hydrogen (secondary N) is 1. The molecule has 5 nitrogen and oxygen atoms in total. The predicted octanol–water partition coefficient (Wildman–Crippen LogP) is 7.04. The molecule has 3 aliphatic rings. The van der Waals surface area contributed by atoms with E-state index in [9.17, 15) is 9.59 Å². The van der Waals surface area contributed by atoms with E-state index >= 15 is 0 Å². The second-order valence-corrected chi connectivity index (χ2v) is 10.7. The van der Waals surface area contributed by atoms with Crippen LogP contribution in [0.5, 0.6) is 11.5 Å². The van der Waals surface area contributed by atoms with E-state index in [2.05, 4.69) is 21.2 Å². The Hall–Kier alpha value is -2.28. The number of halogens is 3. The van der Waals surface area contributed by atoms with E-state index in [4.69, 9.17) is 32.7 Å². The monoisotopic (exact) mass is 575 g/mol. The third-order valence-electron chi connectivity index (χ3n) is 6.76. The first kappa shape index (κ1) is 24.4. The Bertz CT molecular complexity index is 1260. The summed E-state index contributed by atoms with van der Waals surface area (Å²) in [6, 6.07) is 9.06. The summed E-state index contributed by atoms with van der Waals surface area (Å²) in [5, 5.41) is 4.52. The Labute approximate surface area is 222 Å². The van der Waals surface area contributed by atoms with Crippen LogP contribution >= 0.6 is 39.1 Å². The standard InChI is InChI=1S/C27H24BrCl2NO4/c1-34-23-11-15(10-17(28)27(23)35-13-14-8-9-16(29)12-18(14)30)24-25-19(4-2-6-21(25)32)31-20-5-3-7-22(33)26(20)24/h8-12,24,31H,2-7,13H2,1H3. The lowest BCUT2D eigenvalue weighted by molar-refractivity contribution is -0.116. The predicted molar refractivity (Wildman–Crippen MR) is 139 cm³/mol. The lowest BCUT2D eigenvalue weighted by Gasteiger charge is -2.37. The van der Waals surface area contributed by atoms with Crippen molar-refractivity contribution in [3.05, 3.63) is 78.5 Å². The molecule has 182 valence electrons. The van der Waals surface area contributed by atoms with Crippen LogP contribution in [0.15, 0.2) is 57.3 Å². The van der Waals surface area contributed by atoms with Gasteiger partial charge in [0, 0.05) is 56.9 Å². The average molecular weight is 577 g/mol. The summed E-state index contributed by atoms with van der Waals surface area (Å²) in [6.07, 6.45) is 4.25. The van der Waals surface area contributed by atoms with Gasteiger partial charge in [-0.15, -0.1) is 0 Å². The number of allylic oxidation sites excluding steroid dienone is 4. The third kappa shape index (κ3) is 4.64. The molecule has 0 spiro atoms. The lowest BCUT2D eigenvalue weighted by Crippen LogP contribution is -2.36. The number of hydrogen-bond donors (Lipinski definition) is 1. The number of hydrogen-bond acceptors (Lipinski definition) is 5. The molecule has 0 aromatic heterocycles. The molecular formula is C27H24BrCl2NO4. The minimum atomic E-state index is -0.410. The molecule has 8 heteroatoms. The topological polar surface area (TPSA) is 64.6 Å². The number of Topliss-reactive ketones (excluding diaryl/α,β-unsaturated/α-hetero) is 2. The van der Waals surface area contributed by atoms with Crippen LogP contribution in [0.3, 0.4) is 0 Å². The van der Waals surface area contributed by atoms with Crippen molar-refractivity contribution in [3.8, 4) is 11.5 Å². The van der Waals surface area contributed by atoms with Crippen molar-refractivity contribution in [2.24, 2.45) is 0 Å². The molecular weight excluding hydrogens is 553 g/mol. The number of rotatable bonds is 5. The van der Waals surface area contributed by atoms with Crippen LogP contribution < -0.4 is 14.8 Å². The van der Waals surface area contributed by atoms with Gasteiger partial charge in [-0.1, -0.05) is 29.3 Å². The highest BCUT2D eigenvalue weighted by molar-refractivity contribution is 9.10. The van der Waals surface area contributed by atoms with E-state index in [1.54, 1.807) is 19.2 Å². The number of benzene rings is 2. The Balaban J connectivity index is 1.55. The maximum absolute atomic E-state index is 13.1. The summed E-state index contributed by atoms with van der Waals surface area (Å²) in [6.45, 7) is 0.221. The molecule has 0 unspecified atom stereocenters. The highest BCUT2D eigenvalue weighted by atomic mass is 79.9. The molecule has 2 aromatic rings. The van der Waals surface area contributed by atoms with Crippen molar-refractivity contribution in [2.45, 2.75) is 51.0 Å². The van der Waals surface area contributed by atoms with Gasteiger partial charge >= 0.3 is 0 Å². The normalized spacial score (nSPS) is 18.3. The molecule has 0 amide bonds. The molecule has 2 aliphatic carbocycles. The number of ketones is 2. The van der Waals surface area contributed by atoms with Gasteiger partial charge in [0.25, 0.3) is 0 Å². The van der Waals surface area contributed by atoms with Crippen LogP contribution in [-0.2, 0) is 16.2 Å². The van der Waals surface area contributed by atoms with Crippen molar-refractivity contribution in [1.82, 2.24) is 5.32 Å². The average Bonchev–Trinajstić information content (AvgIpc) is 2.83. The first-order valence-corrected chi connectivity index (χ1v) is 13.2. The smallest absolute Gasteiger partial charge is 0.175 e. The molecule has 0 bridgehead atoms. The van der Waals surface area contributed by atoms with Crippen LogP contribution in [0.2, 0.25) is 10.0 Å².